The summed E-state index contributed by atoms with van der Waals surface area (Å²) in [4.78, 5) is 7.94. The van der Waals surface area contributed by atoms with Crippen molar-refractivity contribution in [3.8, 4) is 11.6 Å². The molecular formula is C9H7ClN6O. The van der Waals surface area contributed by atoms with Crippen molar-refractivity contribution in [3.05, 3.63) is 29.9 Å². The summed E-state index contributed by atoms with van der Waals surface area (Å²) in [5, 5.41) is 8.29. The molecule has 0 aliphatic carbocycles. The quantitative estimate of drug-likeness (QED) is 0.641. The maximum atomic E-state index is 5.86. The molecule has 17 heavy (non-hydrogen) atoms. The zero-order valence-electron chi connectivity index (χ0n) is 8.78. The molecule has 7 nitrogen and oxygen atoms in total. The Hall–Kier alpha value is -2.15. The lowest BCUT2D eigenvalue weighted by atomic mass is 10.6. The summed E-state index contributed by atoms with van der Waals surface area (Å²) in [6.45, 7) is 0. The van der Waals surface area contributed by atoms with E-state index in [0.717, 1.165) is 0 Å². The van der Waals surface area contributed by atoms with Crippen molar-refractivity contribution in [1.82, 2.24) is 29.4 Å². The van der Waals surface area contributed by atoms with Gasteiger partial charge in [0, 0.05) is 13.1 Å². The van der Waals surface area contributed by atoms with Crippen LogP contribution in [0.15, 0.2) is 24.8 Å². The second kappa shape index (κ2) is 3.70. The molecule has 3 heterocycles. The third-order valence-corrected chi connectivity index (χ3v) is 2.29. The Labute approximate surface area is 101 Å². The normalized spacial score (nSPS) is 10.9. The molecule has 3 aromatic heterocycles. The van der Waals surface area contributed by atoms with Gasteiger partial charge in [-0.1, -0.05) is 11.6 Å². The fourth-order valence-electron chi connectivity index (χ4n) is 1.40. The Kier molecular flexibility index (Phi) is 2.19. The molecule has 3 rings (SSSR count). The SMILES string of the molecule is Cn1cc(Oc2cc(Cl)nc3ncnn23)cn1. The summed E-state index contributed by atoms with van der Waals surface area (Å²) < 4.78 is 8.70. The van der Waals surface area contributed by atoms with E-state index in [1.807, 2.05) is 0 Å². The van der Waals surface area contributed by atoms with Crippen molar-refractivity contribution in [1.29, 1.82) is 0 Å². The number of halogens is 1. The Morgan fingerprint density at radius 2 is 2.24 bits per heavy atom. The van der Waals surface area contributed by atoms with Crippen molar-refractivity contribution in [3.63, 3.8) is 0 Å². The average molecular weight is 251 g/mol. The number of aryl methyl sites for hydroxylation is 1. The van der Waals surface area contributed by atoms with Gasteiger partial charge in [0.05, 0.1) is 12.4 Å². The molecule has 0 aliphatic heterocycles. The Morgan fingerprint density at radius 1 is 1.35 bits per heavy atom. The van der Waals surface area contributed by atoms with Crippen LogP contribution in [0.5, 0.6) is 11.6 Å². The van der Waals surface area contributed by atoms with Crippen LogP contribution in [-0.2, 0) is 7.05 Å². The van der Waals surface area contributed by atoms with Crippen molar-refractivity contribution in [2.24, 2.45) is 7.05 Å². The van der Waals surface area contributed by atoms with E-state index in [2.05, 4.69) is 20.2 Å². The smallest absolute Gasteiger partial charge is 0.256 e. The second-order valence-electron chi connectivity index (χ2n) is 3.34. The molecule has 86 valence electrons. The highest BCUT2D eigenvalue weighted by Gasteiger charge is 2.09. The van der Waals surface area contributed by atoms with Gasteiger partial charge in [-0.15, -0.1) is 0 Å². The molecule has 0 saturated heterocycles. The summed E-state index contributed by atoms with van der Waals surface area (Å²) in [7, 11) is 1.80. The number of aromatic nitrogens is 6. The van der Waals surface area contributed by atoms with Crippen LogP contribution in [-0.4, -0.2) is 29.4 Å². The number of hydrogen-bond donors (Lipinski definition) is 0. The molecule has 0 radical (unpaired) electrons. The van der Waals surface area contributed by atoms with Gasteiger partial charge in [-0.2, -0.15) is 24.7 Å². The first-order valence-corrected chi connectivity index (χ1v) is 5.13. The molecule has 0 saturated carbocycles. The molecule has 0 amide bonds. The van der Waals surface area contributed by atoms with Crippen LogP contribution in [0.3, 0.4) is 0 Å². The van der Waals surface area contributed by atoms with Gasteiger partial charge in [-0.25, -0.2) is 0 Å². The summed E-state index contributed by atoms with van der Waals surface area (Å²) in [5.74, 6) is 1.41. The zero-order valence-corrected chi connectivity index (χ0v) is 9.53. The van der Waals surface area contributed by atoms with Crippen LogP contribution in [0.4, 0.5) is 0 Å². The fraction of sp³-hybridized carbons (Fsp3) is 0.111. The van der Waals surface area contributed by atoms with Gasteiger partial charge in [0.2, 0.25) is 5.88 Å². The third-order valence-electron chi connectivity index (χ3n) is 2.09. The van der Waals surface area contributed by atoms with Gasteiger partial charge < -0.3 is 4.74 Å². The highest BCUT2D eigenvalue weighted by Crippen LogP contribution is 2.22. The summed E-state index contributed by atoms with van der Waals surface area (Å²) >= 11 is 5.86. The number of nitrogens with zero attached hydrogens (tertiary/aromatic N) is 6. The average Bonchev–Trinajstić information content (AvgIpc) is 2.87. The van der Waals surface area contributed by atoms with Crippen LogP contribution in [0, 0.1) is 0 Å². The zero-order chi connectivity index (χ0) is 11.8. The van der Waals surface area contributed by atoms with Crippen LogP contribution < -0.4 is 4.74 Å². The molecule has 0 fully saturated rings. The Balaban J connectivity index is 2.07. The molecule has 0 bridgehead atoms. The minimum atomic E-state index is 0.296. The first kappa shape index (κ1) is 10.0. The monoisotopic (exact) mass is 250 g/mol. The standard InChI is InChI=1S/C9H7ClN6O/c1-15-4-6(3-12-15)17-8-2-7(10)14-9-11-5-13-16(8)9/h2-5H,1H3. The molecule has 0 aromatic carbocycles. The predicted molar refractivity (Wildman–Crippen MR) is 59.1 cm³/mol. The maximum Gasteiger partial charge on any atom is 0.256 e. The fourth-order valence-corrected chi connectivity index (χ4v) is 1.57. The summed E-state index contributed by atoms with van der Waals surface area (Å²) in [6, 6.07) is 1.57. The third kappa shape index (κ3) is 1.80. The van der Waals surface area contributed by atoms with E-state index in [1.54, 1.807) is 30.2 Å². The first-order valence-electron chi connectivity index (χ1n) is 4.75. The highest BCUT2D eigenvalue weighted by molar-refractivity contribution is 6.29. The minimum absolute atomic E-state index is 0.296. The van der Waals surface area contributed by atoms with Crippen LogP contribution in [0.2, 0.25) is 5.15 Å². The number of ether oxygens (including phenoxy) is 1. The van der Waals surface area contributed by atoms with E-state index in [4.69, 9.17) is 16.3 Å². The topological polar surface area (TPSA) is 70.1 Å². The Bertz CT molecular complexity index is 675. The van der Waals surface area contributed by atoms with Gasteiger partial charge >= 0.3 is 0 Å². The maximum absolute atomic E-state index is 5.86. The number of hydrogen-bond acceptors (Lipinski definition) is 5. The van der Waals surface area contributed by atoms with Crippen molar-refractivity contribution in [2.45, 2.75) is 0 Å². The molecule has 0 N–H and O–H groups in total. The van der Waals surface area contributed by atoms with Gasteiger partial charge in [0.15, 0.2) is 5.75 Å². The van der Waals surface area contributed by atoms with Gasteiger partial charge in [-0.3, -0.25) is 4.68 Å². The lowest BCUT2D eigenvalue weighted by Crippen LogP contribution is -1.97. The molecule has 3 aromatic rings. The lowest BCUT2D eigenvalue weighted by Gasteiger charge is -2.04. The largest absolute Gasteiger partial charge is 0.435 e. The summed E-state index contributed by atoms with van der Waals surface area (Å²) in [5.41, 5.74) is 0. The van der Waals surface area contributed by atoms with E-state index < -0.39 is 0 Å². The van der Waals surface area contributed by atoms with Gasteiger partial charge in [0.25, 0.3) is 5.78 Å². The minimum Gasteiger partial charge on any atom is -0.435 e. The van der Waals surface area contributed by atoms with E-state index >= 15 is 0 Å². The summed E-state index contributed by atoms with van der Waals surface area (Å²) in [6.07, 6.45) is 4.71. The molecular weight excluding hydrogens is 244 g/mol. The van der Waals surface area contributed by atoms with Crippen molar-refractivity contribution in [2.75, 3.05) is 0 Å². The van der Waals surface area contributed by atoms with Crippen LogP contribution >= 0.6 is 11.6 Å². The van der Waals surface area contributed by atoms with Crippen LogP contribution in [0.25, 0.3) is 5.78 Å². The number of rotatable bonds is 2. The van der Waals surface area contributed by atoms with E-state index in [1.165, 1.54) is 10.8 Å². The molecule has 0 unspecified atom stereocenters. The van der Waals surface area contributed by atoms with Gasteiger partial charge in [0.1, 0.15) is 11.5 Å². The molecule has 0 aliphatic rings. The van der Waals surface area contributed by atoms with E-state index in [9.17, 15) is 0 Å². The Morgan fingerprint density at radius 3 is 3.00 bits per heavy atom. The van der Waals surface area contributed by atoms with E-state index in [-0.39, 0.29) is 0 Å². The second-order valence-corrected chi connectivity index (χ2v) is 3.73. The van der Waals surface area contributed by atoms with Crippen molar-refractivity contribution < 1.29 is 4.74 Å². The molecule has 0 atom stereocenters. The molecule has 0 spiro atoms. The van der Waals surface area contributed by atoms with Crippen molar-refractivity contribution >= 4 is 17.4 Å². The number of fused-ring (bicyclic) bond motifs is 1. The lowest BCUT2D eigenvalue weighted by molar-refractivity contribution is 0.445. The van der Waals surface area contributed by atoms with Crippen LogP contribution in [0.1, 0.15) is 0 Å². The highest BCUT2D eigenvalue weighted by atomic mass is 35.5. The van der Waals surface area contributed by atoms with E-state index in [0.29, 0.717) is 22.6 Å². The molecule has 8 heteroatoms. The predicted octanol–water partition coefficient (Wildman–Crippen LogP) is 1.30. The first-order chi connectivity index (χ1) is 8.22. The van der Waals surface area contributed by atoms with Gasteiger partial charge in [-0.05, 0) is 0 Å².